The van der Waals surface area contributed by atoms with Crippen LogP contribution in [0.2, 0.25) is 0 Å². The minimum Gasteiger partial charge on any atom is -0.496 e. The highest BCUT2D eigenvalue weighted by molar-refractivity contribution is 7.16. The molecule has 1 aromatic heterocycles. The van der Waals surface area contributed by atoms with E-state index in [9.17, 15) is 14.9 Å². The Morgan fingerprint density at radius 2 is 2.16 bits per heavy atom. The van der Waals surface area contributed by atoms with E-state index in [1.807, 2.05) is 31.2 Å². The third-order valence-electron chi connectivity index (χ3n) is 5.16. The van der Waals surface area contributed by atoms with Gasteiger partial charge in [-0.15, -0.1) is 11.3 Å². The lowest BCUT2D eigenvalue weighted by atomic mass is 9.96. The third-order valence-corrected chi connectivity index (χ3v) is 6.29. The van der Waals surface area contributed by atoms with Crippen molar-refractivity contribution in [2.45, 2.75) is 32.2 Å². The second-order valence-corrected chi connectivity index (χ2v) is 8.33. The van der Waals surface area contributed by atoms with Crippen molar-refractivity contribution >= 4 is 28.3 Å². The molecule has 1 aliphatic rings. The molecule has 2 heterocycles. The zero-order chi connectivity index (χ0) is 22.4. The Labute approximate surface area is 185 Å². The lowest BCUT2D eigenvalue weighted by Crippen LogP contribution is -2.36. The van der Waals surface area contributed by atoms with Gasteiger partial charge in [0.1, 0.15) is 23.4 Å². The molecule has 1 aliphatic heterocycles. The SMILES string of the molecule is COc1ccccc1C(C)CC(=O)Nc1sc2c(c1C#N)CCN(C(=O)OCCO)C2. The number of nitrogens with one attached hydrogen (secondary N) is 1. The fraction of sp³-hybridized carbons (Fsp3) is 0.409. The van der Waals surface area contributed by atoms with E-state index in [0.717, 1.165) is 21.8 Å². The summed E-state index contributed by atoms with van der Waals surface area (Å²) in [7, 11) is 1.60. The van der Waals surface area contributed by atoms with Crippen LogP contribution in [0.25, 0.3) is 0 Å². The molecule has 9 heteroatoms. The van der Waals surface area contributed by atoms with Gasteiger partial charge in [0.25, 0.3) is 0 Å². The summed E-state index contributed by atoms with van der Waals surface area (Å²) in [4.78, 5) is 27.2. The van der Waals surface area contributed by atoms with E-state index in [1.165, 1.54) is 16.2 Å². The zero-order valence-electron chi connectivity index (χ0n) is 17.5. The number of methoxy groups -OCH3 is 1. The van der Waals surface area contributed by atoms with Gasteiger partial charge in [0.15, 0.2) is 0 Å². The molecule has 164 valence electrons. The number of carbonyl (C=O) groups is 2. The van der Waals surface area contributed by atoms with Gasteiger partial charge in [-0.05, 0) is 29.5 Å². The van der Waals surface area contributed by atoms with Crippen LogP contribution in [-0.2, 0) is 22.5 Å². The molecule has 1 unspecified atom stereocenters. The minimum absolute atomic E-state index is 0.0538. The highest BCUT2D eigenvalue weighted by Crippen LogP contribution is 2.37. The van der Waals surface area contributed by atoms with E-state index in [-0.39, 0.29) is 31.5 Å². The maximum absolute atomic E-state index is 12.7. The van der Waals surface area contributed by atoms with Gasteiger partial charge in [-0.3, -0.25) is 4.79 Å². The van der Waals surface area contributed by atoms with Crippen molar-refractivity contribution in [2.75, 3.05) is 32.2 Å². The molecule has 1 atom stereocenters. The van der Waals surface area contributed by atoms with Crippen LogP contribution in [0.1, 0.15) is 40.8 Å². The maximum atomic E-state index is 12.7. The first-order chi connectivity index (χ1) is 15.0. The Bertz CT molecular complexity index is 998. The van der Waals surface area contributed by atoms with E-state index in [4.69, 9.17) is 14.6 Å². The fourth-order valence-corrected chi connectivity index (χ4v) is 4.86. The van der Waals surface area contributed by atoms with Gasteiger partial charge < -0.3 is 24.8 Å². The van der Waals surface area contributed by atoms with E-state index >= 15 is 0 Å². The highest BCUT2D eigenvalue weighted by atomic mass is 32.1. The number of benzene rings is 1. The molecule has 0 saturated heterocycles. The molecule has 2 amide bonds. The summed E-state index contributed by atoms with van der Waals surface area (Å²) in [6.45, 7) is 2.40. The number of anilines is 1. The summed E-state index contributed by atoms with van der Waals surface area (Å²) < 4.78 is 10.4. The predicted octanol–water partition coefficient (Wildman–Crippen LogP) is 3.25. The molecule has 31 heavy (non-hydrogen) atoms. The molecule has 0 fully saturated rings. The van der Waals surface area contributed by atoms with Crippen LogP contribution in [-0.4, -0.2) is 48.9 Å². The molecule has 8 nitrogen and oxygen atoms in total. The topological polar surface area (TPSA) is 112 Å². The van der Waals surface area contributed by atoms with Gasteiger partial charge in [-0.1, -0.05) is 25.1 Å². The van der Waals surface area contributed by atoms with Crippen LogP contribution in [0.15, 0.2) is 24.3 Å². The Morgan fingerprint density at radius 3 is 2.87 bits per heavy atom. The Morgan fingerprint density at radius 1 is 1.39 bits per heavy atom. The number of nitriles is 1. The smallest absolute Gasteiger partial charge is 0.410 e. The van der Waals surface area contributed by atoms with Gasteiger partial charge in [-0.25, -0.2) is 4.79 Å². The minimum atomic E-state index is -0.497. The lowest BCUT2D eigenvalue weighted by Gasteiger charge is -2.26. The van der Waals surface area contributed by atoms with Crippen LogP contribution < -0.4 is 10.1 Å². The number of thiophene rings is 1. The molecular formula is C22H25N3O5S. The van der Waals surface area contributed by atoms with Gasteiger partial charge in [0.05, 0.1) is 25.8 Å². The van der Waals surface area contributed by atoms with Crippen molar-refractivity contribution in [1.29, 1.82) is 5.26 Å². The van der Waals surface area contributed by atoms with Crippen LogP contribution in [0.3, 0.4) is 0 Å². The van der Waals surface area contributed by atoms with E-state index in [1.54, 1.807) is 7.11 Å². The van der Waals surface area contributed by atoms with Crippen molar-refractivity contribution in [3.05, 3.63) is 45.8 Å². The first-order valence-electron chi connectivity index (χ1n) is 9.98. The van der Waals surface area contributed by atoms with Gasteiger partial charge in [-0.2, -0.15) is 5.26 Å². The first kappa shape index (κ1) is 22.6. The number of rotatable bonds is 7. The molecule has 3 rings (SSSR count). The second-order valence-electron chi connectivity index (χ2n) is 7.22. The highest BCUT2D eigenvalue weighted by Gasteiger charge is 2.28. The Balaban J connectivity index is 1.70. The molecule has 0 aliphatic carbocycles. The van der Waals surface area contributed by atoms with Crippen LogP contribution in [0, 0.1) is 11.3 Å². The first-order valence-corrected chi connectivity index (χ1v) is 10.8. The monoisotopic (exact) mass is 443 g/mol. The number of ether oxygens (including phenoxy) is 2. The normalized spacial score (nSPS) is 13.7. The van der Waals surface area contributed by atoms with Gasteiger partial charge >= 0.3 is 6.09 Å². The summed E-state index contributed by atoms with van der Waals surface area (Å²) in [6.07, 6.45) is 0.256. The third kappa shape index (κ3) is 5.16. The van der Waals surface area contributed by atoms with Crippen molar-refractivity contribution < 1.29 is 24.2 Å². The second kappa shape index (κ2) is 10.3. The van der Waals surface area contributed by atoms with Crippen molar-refractivity contribution in [3.8, 4) is 11.8 Å². The molecule has 0 radical (unpaired) electrons. The quantitative estimate of drug-likeness (QED) is 0.679. The molecule has 2 aromatic rings. The van der Waals surface area contributed by atoms with Crippen molar-refractivity contribution in [2.24, 2.45) is 0 Å². The van der Waals surface area contributed by atoms with E-state index in [2.05, 4.69) is 11.4 Å². The van der Waals surface area contributed by atoms with Crippen LogP contribution >= 0.6 is 11.3 Å². The molecule has 0 bridgehead atoms. The summed E-state index contributed by atoms with van der Waals surface area (Å²) in [5.41, 5.74) is 2.27. The number of aliphatic hydroxyl groups excluding tert-OH is 1. The molecule has 1 aromatic carbocycles. The zero-order valence-corrected chi connectivity index (χ0v) is 18.3. The van der Waals surface area contributed by atoms with E-state index in [0.29, 0.717) is 30.1 Å². The van der Waals surface area contributed by atoms with Gasteiger partial charge in [0, 0.05) is 17.8 Å². The van der Waals surface area contributed by atoms with Crippen LogP contribution in [0.5, 0.6) is 5.75 Å². The van der Waals surface area contributed by atoms with Crippen LogP contribution in [0.4, 0.5) is 9.80 Å². The molecule has 0 spiro atoms. The molecular weight excluding hydrogens is 418 g/mol. The molecule has 2 N–H and O–H groups in total. The number of hydrogen-bond acceptors (Lipinski definition) is 7. The standard InChI is InChI=1S/C22H25N3O5S/c1-14(15-5-3-4-6-18(15)29-2)11-20(27)24-21-17(12-23)16-7-8-25(13-19(16)31-21)22(28)30-10-9-26/h3-6,14,26H,7-11,13H2,1-2H3,(H,24,27). The lowest BCUT2D eigenvalue weighted by molar-refractivity contribution is -0.116. The number of para-hydroxylation sites is 1. The summed E-state index contributed by atoms with van der Waals surface area (Å²) in [5.74, 6) is 0.487. The van der Waals surface area contributed by atoms with E-state index < -0.39 is 6.09 Å². The number of amides is 2. The van der Waals surface area contributed by atoms with Crippen molar-refractivity contribution in [1.82, 2.24) is 4.90 Å². The average molecular weight is 444 g/mol. The Hall–Kier alpha value is -3.09. The largest absolute Gasteiger partial charge is 0.496 e. The Kier molecular flexibility index (Phi) is 7.50. The van der Waals surface area contributed by atoms with Crippen molar-refractivity contribution in [3.63, 3.8) is 0 Å². The summed E-state index contributed by atoms with van der Waals surface area (Å²) in [5, 5.41) is 21.9. The maximum Gasteiger partial charge on any atom is 0.410 e. The number of hydrogen-bond donors (Lipinski definition) is 2. The summed E-state index contributed by atoms with van der Waals surface area (Å²) in [6, 6.07) is 9.79. The summed E-state index contributed by atoms with van der Waals surface area (Å²) >= 11 is 1.31. The fourth-order valence-electron chi connectivity index (χ4n) is 3.63. The molecule has 0 saturated carbocycles. The number of fused-ring (bicyclic) bond motifs is 1. The average Bonchev–Trinajstić information content (AvgIpc) is 3.12. The number of nitrogens with zero attached hydrogens (tertiary/aromatic N) is 2. The number of aliphatic hydroxyl groups is 1. The van der Waals surface area contributed by atoms with Gasteiger partial charge in [0.2, 0.25) is 5.91 Å². The number of carbonyl (C=O) groups excluding carboxylic acids is 2. The predicted molar refractivity (Wildman–Crippen MR) is 116 cm³/mol.